The Kier molecular flexibility index (Phi) is 8.48. The molecule has 11 heteroatoms. The Hall–Kier alpha value is -2.72. The molecule has 0 atom stereocenters. The Bertz CT molecular complexity index is 1130. The highest BCUT2D eigenvalue weighted by Gasteiger charge is 2.31. The van der Waals surface area contributed by atoms with Crippen LogP contribution in [0.15, 0.2) is 47.6 Å². The molecule has 0 bridgehead atoms. The number of carbonyl (C=O) groups excluding carboxylic acids is 1. The van der Waals surface area contributed by atoms with Gasteiger partial charge in [-0.1, -0.05) is 37.2 Å². The third-order valence-electron chi connectivity index (χ3n) is 4.63. The summed E-state index contributed by atoms with van der Waals surface area (Å²) in [5, 5.41) is 11.4. The van der Waals surface area contributed by atoms with Gasteiger partial charge in [0.1, 0.15) is 5.75 Å². The predicted octanol–water partition coefficient (Wildman–Crippen LogP) is 6.40. The second kappa shape index (κ2) is 11.1. The van der Waals surface area contributed by atoms with Gasteiger partial charge in [0, 0.05) is 12.1 Å². The Morgan fingerprint density at radius 2 is 1.88 bits per heavy atom. The van der Waals surface area contributed by atoms with Crippen LogP contribution in [0.25, 0.3) is 11.4 Å². The van der Waals surface area contributed by atoms with Crippen LogP contribution in [0, 0.1) is 5.92 Å². The number of carbonyl (C=O) groups is 1. The minimum atomic E-state index is -4.54. The number of anilines is 1. The summed E-state index contributed by atoms with van der Waals surface area (Å²) in [6.07, 6.45) is -4.54. The Balaban J connectivity index is 1.67. The van der Waals surface area contributed by atoms with E-state index in [2.05, 4.69) is 29.4 Å². The van der Waals surface area contributed by atoms with Gasteiger partial charge in [-0.3, -0.25) is 4.79 Å². The van der Waals surface area contributed by atoms with Crippen LogP contribution in [0.4, 0.5) is 18.9 Å². The van der Waals surface area contributed by atoms with Crippen molar-refractivity contribution in [1.29, 1.82) is 0 Å². The van der Waals surface area contributed by atoms with Gasteiger partial charge < -0.3 is 14.6 Å². The zero-order chi connectivity index (χ0) is 24.9. The lowest BCUT2D eigenvalue weighted by atomic mass is 10.2. The molecule has 34 heavy (non-hydrogen) atoms. The van der Waals surface area contributed by atoms with Crippen LogP contribution in [-0.4, -0.2) is 33.0 Å². The van der Waals surface area contributed by atoms with Gasteiger partial charge in [-0.25, -0.2) is 0 Å². The van der Waals surface area contributed by atoms with Crippen molar-refractivity contribution in [2.24, 2.45) is 5.92 Å². The Morgan fingerprint density at radius 3 is 2.50 bits per heavy atom. The number of hydrogen-bond acceptors (Lipinski definition) is 5. The first-order valence-corrected chi connectivity index (χ1v) is 11.9. The quantitative estimate of drug-likeness (QED) is 0.336. The molecule has 0 saturated heterocycles. The van der Waals surface area contributed by atoms with Gasteiger partial charge in [-0.2, -0.15) is 13.2 Å². The average Bonchev–Trinajstić information content (AvgIpc) is 3.20. The number of amides is 1. The lowest BCUT2D eigenvalue weighted by molar-refractivity contribution is -0.137. The number of ether oxygens (including phenoxy) is 1. The topological polar surface area (TPSA) is 69.0 Å². The van der Waals surface area contributed by atoms with E-state index in [1.165, 1.54) is 0 Å². The minimum Gasteiger partial charge on any atom is -0.493 e. The average molecular weight is 513 g/mol. The molecule has 0 aliphatic rings. The third kappa shape index (κ3) is 6.66. The van der Waals surface area contributed by atoms with Gasteiger partial charge in [0.2, 0.25) is 5.91 Å². The first kappa shape index (κ1) is 25.9. The van der Waals surface area contributed by atoms with E-state index in [1.807, 2.05) is 35.8 Å². The van der Waals surface area contributed by atoms with Gasteiger partial charge in [0.05, 0.1) is 28.6 Å². The van der Waals surface area contributed by atoms with Crippen LogP contribution >= 0.6 is 23.4 Å². The molecule has 1 heterocycles. The fourth-order valence-corrected chi connectivity index (χ4v) is 3.94. The van der Waals surface area contributed by atoms with Crippen molar-refractivity contribution in [3.8, 4) is 17.1 Å². The second-order valence-corrected chi connectivity index (χ2v) is 9.16. The molecule has 0 spiro atoms. The smallest absolute Gasteiger partial charge is 0.416 e. The third-order valence-corrected chi connectivity index (χ3v) is 5.93. The molecule has 2 aromatic carbocycles. The van der Waals surface area contributed by atoms with Gasteiger partial charge in [0.15, 0.2) is 11.0 Å². The molecular formula is C23H24ClF3N4O2S. The normalized spacial score (nSPS) is 11.6. The summed E-state index contributed by atoms with van der Waals surface area (Å²) in [7, 11) is 0. The fraction of sp³-hybridized carbons (Fsp3) is 0.348. The number of alkyl halides is 3. The van der Waals surface area contributed by atoms with Crippen molar-refractivity contribution < 1.29 is 22.7 Å². The molecule has 1 amide bonds. The van der Waals surface area contributed by atoms with E-state index in [1.54, 1.807) is 0 Å². The van der Waals surface area contributed by atoms with E-state index in [0.717, 1.165) is 41.3 Å². The zero-order valence-electron chi connectivity index (χ0n) is 18.8. The summed E-state index contributed by atoms with van der Waals surface area (Å²) in [4.78, 5) is 12.4. The van der Waals surface area contributed by atoms with Crippen molar-refractivity contribution in [2.75, 3.05) is 17.7 Å². The number of halogens is 4. The molecule has 6 nitrogen and oxygen atoms in total. The van der Waals surface area contributed by atoms with E-state index in [9.17, 15) is 18.0 Å². The van der Waals surface area contributed by atoms with E-state index < -0.39 is 17.6 Å². The summed E-state index contributed by atoms with van der Waals surface area (Å²) in [5.41, 5.74) is -0.145. The molecule has 1 N–H and O–H groups in total. The summed E-state index contributed by atoms with van der Waals surface area (Å²) < 4.78 is 46.4. The SMILES string of the molecule is CCn1c(SCC(=O)Nc2cc(C(F)(F)F)ccc2Cl)nnc1-c1ccc(OCC(C)C)cc1. The largest absolute Gasteiger partial charge is 0.493 e. The molecule has 0 aliphatic heterocycles. The van der Waals surface area contributed by atoms with Crippen molar-refractivity contribution in [2.45, 2.75) is 38.6 Å². The molecule has 1 aromatic heterocycles. The number of rotatable bonds is 9. The van der Waals surface area contributed by atoms with E-state index in [-0.39, 0.29) is 16.5 Å². The Morgan fingerprint density at radius 1 is 1.18 bits per heavy atom. The van der Waals surface area contributed by atoms with Crippen LogP contribution in [0.1, 0.15) is 26.3 Å². The van der Waals surface area contributed by atoms with Crippen LogP contribution in [-0.2, 0) is 17.5 Å². The van der Waals surface area contributed by atoms with Crippen molar-refractivity contribution >= 4 is 35.0 Å². The molecule has 0 unspecified atom stereocenters. The maximum absolute atomic E-state index is 12.9. The van der Waals surface area contributed by atoms with Gasteiger partial charge in [-0.05, 0) is 55.3 Å². The standard InChI is InChI=1S/C23H24ClF3N4O2S/c1-4-31-21(15-5-8-17(9-6-15)33-12-14(2)3)29-30-22(31)34-13-20(32)28-19-11-16(23(25,26)27)7-10-18(19)24/h5-11,14H,4,12-13H2,1-3H3,(H,28,32). The lowest BCUT2D eigenvalue weighted by Gasteiger charge is -2.12. The first-order valence-electron chi connectivity index (χ1n) is 10.5. The molecule has 0 aliphatic carbocycles. The van der Waals surface area contributed by atoms with Crippen molar-refractivity contribution in [3.63, 3.8) is 0 Å². The number of thioether (sulfide) groups is 1. The molecule has 182 valence electrons. The Labute approximate surface area is 204 Å². The molecule has 3 rings (SSSR count). The number of nitrogens with zero attached hydrogens (tertiary/aromatic N) is 3. The highest BCUT2D eigenvalue weighted by molar-refractivity contribution is 7.99. The van der Waals surface area contributed by atoms with Gasteiger partial charge >= 0.3 is 6.18 Å². The first-order chi connectivity index (χ1) is 16.1. The number of hydrogen-bond donors (Lipinski definition) is 1. The van der Waals surface area contributed by atoms with Crippen LogP contribution in [0.3, 0.4) is 0 Å². The molecule has 0 radical (unpaired) electrons. The highest BCUT2D eigenvalue weighted by atomic mass is 35.5. The monoisotopic (exact) mass is 512 g/mol. The van der Waals surface area contributed by atoms with Crippen molar-refractivity contribution in [3.05, 3.63) is 53.1 Å². The van der Waals surface area contributed by atoms with E-state index in [0.29, 0.717) is 30.1 Å². The molecule has 3 aromatic rings. The molecule has 0 saturated carbocycles. The second-order valence-electron chi connectivity index (χ2n) is 7.81. The highest BCUT2D eigenvalue weighted by Crippen LogP contribution is 2.34. The van der Waals surface area contributed by atoms with E-state index in [4.69, 9.17) is 16.3 Å². The van der Waals surface area contributed by atoms with Gasteiger partial charge in [0.25, 0.3) is 0 Å². The number of benzene rings is 2. The molecular weight excluding hydrogens is 489 g/mol. The summed E-state index contributed by atoms with van der Waals surface area (Å²) >= 11 is 7.08. The van der Waals surface area contributed by atoms with Crippen molar-refractivity contribution in [1.82, 2.24) is 14.8 Å². The zero-order valence-corrected chi connectivity index (χ0v) is 20.4. The van der Waals surface area contributed by atoms with E-state index >= 15 is 0 Å². The maximum Gasteiger partial charge on any atom is 0.416 e. The lowest BCUT2D eigenvalue weighted by Crippen LogP contribution is -2.16. The number of aromatic nitrogens is 3. The fourth-order valence-electron chi connectivity index (χ4n) is 2.97. The van der Waals surface area contributed by atoms with Crippen LogP contribution in [0.2, 0.25) is 5.02 Å². The minimum absolute atomic E-state index is 0.0196. The van der Waals surface area contributed by atoms with Crippen LogP contribution < -0.4 is 10.1 Å². The number of nitrogens with one attached hydrogen (secondary N) is 1. The predicted molar refractivity (Wildman–Crippen MR) is 127 cm³/mol. The molecule has 0 fully saturated rings. The summed E-state index contributed by atoms with van der Waals surface area (Å²) in [6, 6.07) is 10.3. The summed E-state index contributed by atoms with van der Waals surface area (Å²) in [5.74, 6) is 1.24. The summed E-state index contributed by atoms with van der Waals surface area (Å²) in [6.45, 7) is 7.27. The maximum atomic E-state index is 12.9. The van der Waals surface area contributed by atoms with Crippen LogP contribution in [0.5, 0.6) is 5.75 Å². The van der Waals surface area contributed by atoms with Gasteiger partial charge in [-0.15, -0.1) is 10.2 Å².